The van der Waals surface area contributed by atoms with Gasteiger partial charge in [0, 0.05) is 11.0 Å². The van der Waals surface area contributed by atoms with Gasteiger partial charge in [-0.2, -0.15) is 0 Å². The molecule has 0 bridgehead atoms. The summed E-state index contributed by atoms with van der Waals surface area (Å²) in [6, 6.07) is 3.81. The number of rotatable bonds is 7. The highest BCUT2D eigenvalue weighted by Crippen LogP contribution is 2.38. The molecule has 0 saturated heterocycles. The van der Waals surface area contributed by atoms with Crippen LogP contribution >= 0.6 is 0 Å². The molecule has 0 amide bonds. The van der Waals surface area contributed by atoms with Gasteiger partial charge < -0.3 is 9.84 Å². The minimum absolute atomic E-state index is 0.0219. The van der Waals surface area contributed by atoms with E-state index in [4.69, 9.17) is 4.74 Å². The van der Waals surface area contributed by atoms with Crippen LogP contribution in [0, 0.1) is 19.8 Å². The second-order valence-corrected chi connectivity index (χ2v) is 7.02. The van der Waals surface area contributed by atoms with Gasteiger partial charge in [0.15, 0.2) is 0 Å². The van der Waals surface area contributed by atoms with Crippen LogP contribution in [0.15, 0.2) is 12.1 Å². The van der Waals surface area contributed by atoms with Gasteiger partial charge in [0.25, 0.3) is 0 Å². The lowest BCUT2D eigenvalue weighted by Gasteiger charge is -2.28. The van der Waals surface area contributed by atoms with Crippen LogP contribution in [0.4, 0.5) is 0 Å². The van der Waals surface area contributed by atoms with E-state index in [1.807, 2.05) is 53.7 Å². The first kappa shape index (κ1) is 19.2. The fraction of sp³-hybridized carbons (Fsp3) is 0.579. The molecule has 4 nitrogen and oxygen atoms in total. The quantitative estimate of drug-likeness (QED) is 0.597. The Kier molecular flexibility index (Phi) is 6.37. The predicted octanol–water partition coefficient (Wildman–Crippen LogP) is 4.40. The van der Waals surface area contributed by atoms with Crippen LogP contribution in [0.2, 0.25) is 0 Å². The van der Waals surface area contributed by atoms with Gasteiger partial charge in [-0.05, 0) is 37.5 Å². The Morgan fingerprint density at radius 1 is 1.26 bits per heavy atom. The predicted molar refractivity (Wildman–Crippen MR) is 90.9 cm³/mol. The summed E-state index contributed by atoms with van der Waals surface area (Å²) in [5, 5.41) is 9.18. The first-order chi connectivity index (χ1) is 10.6. The Morgan fingerprint density at radius 3 is 2.39 bits per heavy atom. The van der Waals surface area contributed by atoms with E-state index in [1.165, 1.54) is 0 Å². The number of benzene rings is 1. The molecule has 0 aliphatic heterocycles. The summed E-state index contributed by atoms with van der Waals surface area (Å²) >= 11 is 0. The Hall–Kier alpha value is -1.84. The summed E-state index contributed by atoms with van der Waals surface area (Å²) in [6.07, 6.45) is 1.67. The van der Waals surface area contributed by atoms with Crippen LogP contribution in [0.1, 0.15) is 63.6 Å². The van der Waals surface area contributed by atoms with Gasteiger partial charge in [-0.1, -0.05) is 40.2 Å². The Balaban J connectivity index is 3.26. The normalized spacial score (nSPS) is 12.8. The highest BCUT2D eigenvalue weighted by atomic mass is 16.5. The molecule has 23 heavy (non-hydrogen) atoms. The molecule has 0 radical (unpaired) electrons. The number of carbonyl (C=O) groups excluding carboxylic acids is 1. The van der Waals surface area contributed by atoms with Gasteiger partial charge in [0.2, 0.25) is 0 Å². The Labute approximate surface area is 138 Å². The fourth-order valence-electron chi connectivity index (χ4n) is 3.10. The maximum absolute atomic E-state index is 12.3. The van der Waals surface area contributed by atoms with E-state index in [1.54, 1.807) is 0 Å². The average Bonchev–Trinajstić information content (AvgIpc) is 2.35. The molecule has 0 heterocycles. The van der Waals surface area contributed by atoms with Gasteiger partial charge in [-0.3, -0.25) is 9.59 Å². The van der Waals surface area contributed by atoms with Crippen molar-refractivity contribution in [2.24, 2.45) is 5.92 Å². The molecule has 4 heteroatoms. The molecule has 1 rings (SSSR count). The molecule has 1 unspecified atom stereocenters. The molecule has 0 spiro atoms. The molecule has 128 valence electrons. The summed E-state index contributed by atoms with van der Waals surface area (Å²) in [5.41, 5.74) is 2.11. The topological polar surface area (TPSA) is 63.6 Å². The zero-order valence-corrected chi connectivity index (χ0v) is 15.0. The molecule has 0 aliphatic carbocycles. The highest BCUT2D eigenvalue weighted by molar-refractivity contribution is 5.76. The van der Waals surface area contributed by atoms with Gasteiger partial charge in [-0.15, -0.1) is 0 Å². The van der Waals surface area contributed by atoms with E-state index < -0.39 is 11.4 Å². The van der Waals surface area contributed by atoms with Gasteiger partial charge in [-0.25, -0.2) is 0 Å². The average molecular weight is 320 g/mol. The maximum Gasteiger partial charge on any atom is 0.314 e. The van der Waals surface area contributed by atoms with Crippen molar-refractivity contribution in [1.82, 2.24) is 0 Å². The van der Waals surface area contributed by atoms with Gasteiger partial charge in [0.1, 0.15) is 5.75 Å². The molecule has 1 aromatic rings. The van der Waals surface area contributed by atoms with Crippen LogP contribution in [0.25, 0.3) is 0 Å². The zero-order chi connectivity index (χ0) is 17.8. The molecule has 0 saturated carbocycles. The summed E-state index contributed by atoms with van der Waals surface area (Å²) in [5.74, 6) is -0.811. The van der Waals surface area contributed by atoms with Crippen LogP contribution in [-0.2, 0) is 15.0 Å². The van der Waals surface area contributed by atoms with E-state index in [0.29, 0.717) is 5.75 Å². The Bertz CT molecular complexity index is 587. The first-order valence-corrected chi connectivity index (χ1v) is 8.13. The van der Waals surface area contributed by atoms with Crippen molar-refractivity contribution in [3.8, 4) is 5.75 Å². The van der Waals surface area contributed by atoms with E-state index >= 15 is 0 Å². The molecular formula is C19H28O4. The van der Waals surface area contributed by atoms with Gasteiger partial charge >= 0.3 is 11.9 Å². The molecule has 0 fully saturated rings. The molecule has 1 N–H and O–H groups in total. The van der Waals surface area contributed by atoms with Crippen LogP contribution in [0.3, 0.4) is 0 Å². The number of aryl methyl sites for hydroxylation is 2. The van der Waals surface area contributed by atoms with E-state index in [-0.39, 0.29) is 18.3 Å². The molecule has 1 aromatic carbocycles. The molecular weight excluding hydrogens is 292 g/mol. The number of ether oxygens (including phenoxy) is 1. The SMILES string of the molecule is CCCC(C)C(=O)Oc1cc(C)cc(C)c1C(C)(C)CC(=O)O. The van der Waals surface area contributed by atoms with Crippen molar-refractivity contribution in [1.29, 1.82) is 0 Å². The maximum atomic E-state index is 12.3. The highest BCUT2D eigenvalue weighted by Gasteiger charge is 2.30. The summed E-state index contributed by atoms with van der Waals surface area (Å²) in [4.78, 5) is 23.5. The number of esters is 1. The lowest BCUT2D eigenvalue weighted by atomic mass is 9.78. The van der Waals surface area contributed by atoms with E-state index in [9.17, 15) is 14.7 Å². The summed E-state index contributed by atoms with van der Waals surface area (Å²) in [7, 11) is 0. The largest absolute Gasteiger partial charge is 0.481 e. The summed E-state index contributed by atoms with van der Waals surface area (Å²) in [6.45, 7) is 11.5. The third-order valence-corrected chi connectivity index (χ3v) is 4.05. The lowest BCUT2D eigenvalue weighted by Crippen LogP contribution is -2.26. The number of carbonyl (C=O) groups is 2. The second kappa shape index (κ2) is 7.62. The number of carboxylic acid groups (broad SMARTS) is 1. The standard InChI is InChI=1S/C19H28O4/c1-7-8-13(3)18(22)23-15-10-12(2)9-14(4)17(15)19(5,6)11-16(20)21/h9-10,13H,7-8,11H2,1-6H3,(H,20,21). The van der Waals surface area contributed by atoms with Gasteiger partial charge in [0.05, 0.1) is 12.3 Å². The second-order valence-electron chi connectivity index (χ2n) is 7.02. The first-order valence-electron chi connectivity index (χ1n) is 8.13. The smallest absolute Gasteiger partial charge is 0.314 e. The van der Waals surface area contributed by atoms with Crippen LogP contribution < -0.4 is 4.74 Å². The number of hydrogen-bond acceptors (Lipinski definition) is 3. The van der Waals surface area contributed by atoms with Crippen molar-refractivity contribution in [2.75, 3.05) is 0 Å². The number of carboxylic acids is 1. The summed E-state index contributed by atoms with van der Waals surface area (Å²) < 4.78 is 5.66. The van der Waals surface area contributed by atoms with Crippen molar-refractivity contribution >= 4 is 11.9 Å². The fourth-order valence-corrected chi connectivity index (χ4v) is 3.10. The minimum atomic E-state index is -0.869. The van der Waals surface area contributed by atoms with Crippen LogP contribution in [-0.4, -0.2) is 17.0 Å². The van der Waals surface area contributed by atoms with Crippen molar-refractivity contribution in [2.45, 2.75) is 66.2 Å². The van der Waals surface area contributed by atoms with Crippen molar-refractivity contribution in [3.63, 3.8) is 0 Å². The third kappa shape index (κ3) is 5.08. The Morgan fingerprint density at radius 2 is 1.87 bits per heavy atom. The molecule has 1 atom stereocenters. The number of hydrogen-bond donors (Lipinski definition) is 1. The van der Waals surface area contributed by atoms with E-state index in [0.717, 1.165) is 29.5 Å². The molecule has 0 aromatic heterocycles. The third-order valence-electron chi connectivity index (χ3n) is 4.05. The lowest BCUT2D eigenvalue weighted by molar-refractivity contribution is -0.138. The van der Waals surface area contributed by atoms with Crippen LogP contribution in [0.5, 0.6) is 5.75 Å². The van der Waals surface area contributed by atoms with Crippen molar-refractivity contribution in [3.05, 3.63) is 28.8 Å². The molecule has 0 aliphatic rings. The minimum Gasteiger partial charge on any atom is -0.481 e. The van der Waals surface area contributed by atoms with Crippen molar-refractivity contribution < 1.29 is 19.4 Å². The zero-order valence-electron chi connectivity index (χ0n) is 15.0. The number of aliphatic carboxylic acids is 1. The monoisotopic (exact) mass is 320 g/mol. The van der Waals surface area contributed by atoms with E-state index in [2.05, 4.69) is 0 Å².